The van der Waals surface area contributed by atoms with Gasteiger partial charge in [0.2, 0.25) is 5.91 Å². The molecule has 1 aliphatic carbocycles. The van der Waals surface area contributed by atoms with Gasteiger partial charge in [-0.3, -0.25) is 9.89 Å². The van der Waals surface area contributed by atoms with Gasteiger partial charge in [-0.2, -0.15) is 5.10 Å². The molecule has 25 heavy (non-hydrogen) atoms. The first-order valence-corrected chi connectivity index (χ1v) is 8.86. The summed E-state index contributed by atoms with van der Waals surface area (Å²) in [5.74, 6) is 1.27. The highest BCUT2D eigenvalue weighted by Gasteiger charge is 2.22. The van der Waals surface area contributed by atoms with Gasteiger partial charge in [0.05, 0.1) is 18.7 Å². The number of rotatable bonds is 4. The highest BCUT2D eigenvalue weighted by molar-refractivity contribution is 6.31. The topological polar surface area (TPSA) is 67.5 Å². The molecule has 0 bridgehead atoms. The number of fused-ring (bicyclic) bond motifs is 2. The van der Waals surface area contributed by atoms with Crippen molar-refractivity contribution in [3.8, 4) is 11.5 Å². The van der Waals surface area contributed by atoms with Crippen molar-refractivity contribution in [3.63, 3.8) is 0 Å². The molecule has 0 saturated heterocycles. The molecule has 1 aliphatic heterocycles. The molecule has 0 unspecified atom stereocenters. The first-order chi connectivity index (χ1) is 12.1. The number of amides is 1. The third-order valence-corrected chi connectivity index (χ3v) is 5.11. The standard InChI is InChI=1S/C18H20ClN3O3/c1-22(10-15-12-3-2-4-14(12)20-21-15)18(23)8-11-7-16-17(9-13(11)19)25-6-5-24-16/h7,9H,2-6,8,10H2,1H3,(H,20,21). The zero-order chi connectivity index (χ0) is 17.4. The quantitative estimate of drug-likeness (QED) is 0.908. The van der Waals surface area contributed by atoms with E-state index in [2.05, 4.69) is 10.2 Å². The Morgan fingerprint density at radius 3 is 2.84 bits per heavy atom. The van der Waals surface area contributed by atoms with Gasteiger partial charge in [-0.05, 0) is 36.5 Å². The van der Waals surface area contributed by atoms with Crippen molar-refractivity contribution >= 4 is 17.5 Å². The number of nitrogens with zero attached hydrogens (tertiary/aromatic N) is 2. The molecule has 1 amide bonds. The molecule has 0 spiro atoms. The van der Waals surface area contributed by atoms with Crippen molar-refractivity contribution in [2.45, 2.75) is 32.2 Å². The lowest BCUT2D eigenvalue weighted by atomic mass is 10.1. The highest BCUT2D eigenvalue weighted by atomic mass is 35.5. The molecule has 0 saturated carbocycles. The first-order valence-electron chi connectivity index (χ1n) is 8.49. The fourth-order valence-electron chi connectivity index (χ4n) is 3.37. The van der Waals surface area contributed by atoms with Crippen LogP contribution in [0.2, 0.25) is 5.02 Å². The van der Waals surface area contributed by atoms with Crippen LogP contribution in [-0.4, -0.2) is 41.3 Å². The lowest BCUT2D eigenvalue weighted by Gasteiger charge is -2.21. The van der Waals surface area contributed by atoms with Crippen LogP contribution in [0.25, 0.3) is 0 Å². The summed E-state index contributed by atoms with van der Waals surface area (Å²) in [6.45, 7) is 1.53. The second kappa shape index (κ2) is 6.59. The van der Waals surface area contributed by atoms with E-state index in [1.165, 1.54) is 11.3 Å². The SMILES string of the molecule is CN(Cc1n[nH]c2c1CCC2)C(=O)Cc1cc2c(cc1Cl)OCCO2. The van der Waals surface area contributed by atoms with Gasteiger partial charge in [-0.1, -0.05) is 11.6 Å². The maximum atomic E-state index is 12.6. The summed E-state index contributed by atoms with van der Waals surface area (Å²) in [4.78, 5) is 14.3. The molecule has 0 radical (unpaired) electrons. The Morgan fingerprint density at radius 1 is 1.28 bits per heavy atom. The van der Waals surface area contributed by atoms with Crippen LogP contribution in [0.5, 0.6) is 11.5 Å². The van der Waals surface area contributed by atoms with E-state index in [0.717, 1.165) is 30.5 Å². The highest BCUT2D eigenvalue weighted by Crippen LogP contribution is 2.35. The molecule has 6 nitrogen and oxygen atoms in total. The number of nitrogens with one attached hydrogen (secondary N) is 1. The number of likely N-dealkylation sites (N-methyl/N-ethyl adjacent to an activating group) is 1. The molecule has 2 aromatic rings. The summed E-state index contributed by atoms with van der Waals surface area (Å²) in [6.07, 6.45) is 3.46. The van der Waals surface area contributed by atoms with Crippen LogP contribution in [-0.2, 0) is 30.6 Å². The molecule has 1 aromatic heterocycles. The molecule has 132 valence electrons. The minimum atomic E-state index is -0.00618. The largest absolute Gasteiger partial charge is 0.486 e. The molecule has 2 aliphatic rings. The Balaban J connectivity index is 1.46. The van der Waals surface area contributed by atoms with Crippen molar-refractivity contribution in [3.05, 3.63) is 39.7 Å². The Kier molecular flexibility index (Phi) is 4.29. The van der Waals surface area contributed by atoms with Gasteiger partial charge >= 0.3 is 0 Å². The molecule has 0 atom stereocenters. The van der Waals surface area contributed by atoms with Crippen molar-refractivity contribution in [2.75, 3.05) is 20.3 Å². The van der Waals surface area contributed by atoms with E-state index in [1.807, 2.05) is 0 Å². The third kappa shape index (κ3) is 3.18. The molecule has 1 aromatic carbocycles. The number of hydrogen-bond donors (Lipinski definition) is 1. The minimum absolute atomic E-state index is 0.00618. The average Bonchev–Trinajstić information content (AvgIpc) is 3.20. The van der Waals surface area contributed by atoms with Crippen molar-refractivity contribution in [2.24, 2.45) is 0 Å². The van der Waals surface area contributed by atoms with Crippen LogP contribution < -0.4 is 9.47 Å². The number of aromatic nitrogens is 2. The second-order valence-electron chi connectivity index (χ2n) is 6.49. The summed E-state index contributed by atoms with van der Waals surface area (Å²) in [5, 5.41) is 7.96. The molecule has 4 rings (SSSR count). The molecular formula is C18H20ClN3O3. The number of benzene rings is 1. The predicted molar refractivity (Wildman–Crippen MR) is 93.2 cm³/mol. The van der Waals surface area contributed by atoms with Gasteiger partial charge in [-0.15, -0.1) is 0 Å². The first kappa shape index (κ1) is 16.3. The summed E-state index contributed by atoms with van der Waals surface area (Å²) >= 11 is 6.31. The smallest absolute Gasteiger partial charge is 0.227 e. The van der Waals surface area contributed by atoms with E-state index < -0.39 is 0 Å². The van der Waals surface area contributed by atoms with E-state index in [4.69, 9.17) is 21.1 Å². The average molecular weight is 362 g/mol. The number of hydrogen-bond acceptors (Lipinski definition) is 4. The molecule has 2 heterocycles. The molecule has 7 heteroatoms. The summed E-state index contributed by atoms with van der Waals surface area (Å²) in [7, 11) is 1.80. The summed E-state index contributed by atoms with van der Waals surface area (Å²) in [5.41, 5.74) is 4.20. The van der Waals surface area contributed by atoms with Crippen LogP contribution in [0.15, 0.2) is 12.1 Å². The third-order valence-electron chi connectivity index (χ3n) is 4.76. The van der Waals surface area contributed by atoms with Crippen LogP contribution >= 0.6 is 11.6 Å². The monoisotopic (exact) mass is 361 g/mol. The van der Waals surface area contributed by atoms with Crippen LogP contribution in [0.1, 0.15) is 28.9 Å². The lowest BCUT2D eigenvalue weighted by Crippen LogP contribution is -2.28. The number of aromatic amines is 1. The number of halogens is 1. The van der Waals surface area contributed by atoms with Gasteiger partial charge in [0.25, 0.3) is 0 Å². The summed E-state index contributed by atoms with van der Waals surface area (Å²) < 4.78 is 11.1. The van der Waals surface area contributed by atoms with E-state index >= 15 is 0 Å². The van der Waals surface area contributed by atoms with Gasteiger partial charge in [0.1, 0.15) is 13.2 Å². The van der Waals surface area contributed by atoms with Crippen LogP contribution in [0.4, 0.5) is 0 Å². The minimum Gasteiger partial charge on any atom is -0.486 e. The van der Waals surface area contributed by atoms with Crippen LogP contribution in [0, 0.1) is 0 Å². The molecule has 0 fully saturated rings. The zero-order valence-electron chi connectivity index (χ0n) is 14.1. The van der Waals surface area contributed by atoms with E-state index in [1.54, 1.807) is 24.1 Å². The fourth-order valence-corrected chi connectivity index (χ4v) is 3.59. The Morgan fingerprint density at radius 2 is 2.04 bits per heavy atom. The number of ether oxygens (including phenoxy) is 2. The van der Waals surface area contributed by atoms with Gasteiger partial charge < -0.3 is 14.4 Å². The van der Waals surface area contributed by atoms with E-state index in [0.29, 0.717) is 36.3 Å². The maximum Gasteiger partial charge on any atom is 0.227 e. The van der Waals surface area contributed by atoms with E-state index in [-0.39, 0.29) is 12.3 Å². The lowest BCUT2D eigenvalue weighted by molar-refractivity contribution is -0.129. The zero-order valence-corrected chi connectivity index (χ0v) is 14.9. The van der Waals surface area contributed by atoms with Gasteiger partial charge in [-0.25, -0.2) is 0 Å². The summed E-state index contributed by atoms with van der Waals surface area (Å²) in [6, 6.07) is 3.52. The van der Waals surface area contributed by atoms with Crippen molar-refractivity contribution in [1.82, 2.24) is 15.1 Å². The van der Waals surface area contributed by atoms with Gasteiger partial charge in [0, 0.05) is 23.8 Å². The van der Waals surface area contributed by atoms with Gasteiger partial charge in [0.15, 0.2) is 11.5 Å². The Bertz CT molecular complexity index is 818. The second-order valence-corrected chi connectivity index (χ2v) is 6.90. The van der Waals surface area contributed by atoms with Crippen molar-refractivity contribution in [1.29, 1.82) is 0 Å². The number of carbonyl (C=O) groups is 1. The van der Waals surface area contributed by atoms with Crippen LogP contribution in [0.3, 0.4) is 0 Å². The predicted octanol–water partition coefficient (Wildman–Crippen LogP) is 2.52. The van der Waals surface area contributed by atoms with Crippen molar-refractivity contribution < 1.29 is 14.3 Å². The molecular weight excluding hydrogens is 342 g/mol. The number of aryl methyl sites for hydroxylation is 1. The number of H-pyrrole nitrogens is 1. The maximum absolute atomic E-state index is 12.6. The number of carbonyl (C=O) groups excluding carboxylic acids is 1. The Hall–Kier alpha value is -2.21. The fraction of sp³-hybridized carbons (Fsp3) is 0.444. The Labute approximate surface area is 151 Å². The van der Waals surface area contributed by atoms with E-state index in [9.17, 15) is 4.79 Å². The normalized spacial score (nSPS) is 15.1. The molecule has 1 N–H and O–H groups in total.